The zero-order valence-corrected chi connectivity index (χ0v) is 17.7. The molecule has 3 N–H and O–H groups in total. The number of benzene rings is 2. The molecule has 0 saturated carbocycles. The summed E-state index contributed by atoms with van der Waals surface area (Å²) in [6.07, 6.45) is 0. The van der Waals surface area contributed by atoms with Crippen LogP contribution in [-0.2, 0) is 10.1 Å². The molecule has 0 spiro atoms. The minimum absolute atomic E-state index is 0.0696. The van der Waals surface area contributed by atoms with E-state index in [1.165, 1.54) is 32.4 Å². The number of methoxy groups -OCH3 is 2. The zero-order valence-electron chi connectivity index (χ0n) is 16.9. The van der Waals surface area contributed by atoms with Crippen molar-refractivity contribution in [1.82, 2.24) is 5.01 Å². The van der Waals surface area contributed by atoms with Crippen molar-refractivity contribution >= 4 is 22.8 Å². The van der Waals surface area contributed by atoms with Gasteiger partial charge < -0.3 is 24.1 Å². The number of hydrogen-bond donors (Lipinski definition) is 2. The quantitative estimate of drug-likeness (QED) is 0.250. The van der Waals surface area contributed by atoms with Gasteiger partial charge in [0.1, 0.15) is 29.6 Å². The molecule has 0 saturated heterocycles. The van der Waals surface area contributed by atoms with Gasteiger partial charge in [0.05, 0.1) is 20.8 Å². The molecule has 0 aliphatic rings. The second-order valence-electron chi connectivity index (χ2n) is 6.03. The van der Waals surface area contributed by atoms with Crippen LogP contribution in [0.25, 0.3) is 0 Å². The maximum atomic E-state index is 12.8. The molecule has 0 aliphatic heterocycles. The largest absolute Gasteiger partial charge is 0.497 e. The average molecular weight is 436 g/mol. The monoisotopic (exact) mass is 436 g/mol. The number of hydrazone groups is 1. The van der Waals surface area contributed by atoms with Gasteiger partial charge in [-0.15, -0.1) is 0 Å². The lowest BCUT2D eigenvalue weighted by molar-refractivity contribution is 0.271. The van der Waals surface area contributed by atoms with E-state index in [4.69, 9.17) is 29.5 Å². The molecule has 2 aromatic carbocycles. The number of nitrogens with zero attached hydrogens (tertiary/aromatic N) is 2. The fourth-order valence-corrected chi connectivity index (χ4v) is 3.61. The molecular formula is C19H24N4O6S. The average Bonchev–Trinajstić information content (AvgIpc) is 2.69. The summed E-state index contributed by atoms with van der Waals surface area (Å²) in [6, 6.07) is 9.10. The van der Waals surface area contributed by atoms with Crippen LogP contribution in [0.5, 0.6) is 23.0 Å². The molecule has 10 nitrogen and oxygen atoms in total. The fourth-order valence-electron chi connectivity index (χ4n) is 2.51. The Morgan fingerprint density at radius 3 is 2.43 bits per heavy atom. The van der Waals surface area contributed by atoms with Crippen molar-refractivity contribution in [2.75, 3.05) is 27.4 Å². The van der Waals surface area contributed by atoms with E-state index in [1.807, 2.05) is 0 Å². The highest BCUT2D eigenvalue weighted by Crippen LogP contribution is 2.32. The number of guanidine groups is 1. The lowest BCUT2D eigenvalue weighted by Gasteiger charge is -2.17. The van der Waals surface area contributed by atoms with Crippen molar-refractivity contribution < 1.29 is 26.8 Å². The first-order valence-electron chi connectivity index (χ1n) is 8.69. The smallest absolute Gasteiger partial charge is 0.343 e. The van der Waals surface area contributed by atoms with E-state index >= 15 is 0 Å². The number of ether oxygens (including phenoxy) is 3. The van der Waals surface area contributed by atoms with Crippen molar-refractivity contribution in [1.29, 1.82) is 5.41 Å². The van der Waals surface area contributed by atoms with Gasteiger partial charge in [-0.2, -0.15) is 13.5 Å². The highest BCUT2D eigenvalue weighted by molar-refractivity contribution is 7.87. The first-order chi connectivity index (χ1) is 14.2. The molecule has 0 unspecified atom stereocenters. The summed E-state index contributed by atoms with van der Waals surface area (Å²) < 4.78 is 46.8. The number of hydrogen-bond acceptors (Lipinski definition) is 8. The SMILES string of the molecule is C=NN(CCOc1cc(C)cc(OS(=O)(=O)c2cc(OC)ccc2OC)c1)C(=N)N. The maximum absolute atomic E-state index is 12.8. The van der Waals surface area contributed by atoms with Crippen LogP contribution < -0.4 is 24.1 Å². The van der Waals surface area contributed by atoms with Crippen LogP contribution in [0, 0.1) is 12.3 Å². The highest BCUT2D eigenvalue weighted by Gasteiger charge is 2.23. The summed E-state index contributed by atoms with van der Waals surface area (Å²) in [5.41, 5.74) is 6.08. The van der Waals surface area contributed by atoms with E-state index in [0.29, 0.717) is 11.5 Å². The number of rotatable bonds is 10. The molecule has 0 radical (unpaired) electrons. The van der Waals surface area contributed by atoms with E-state index in [9.17, 15) is 8.42 Å². The van der Waals surface area contributed by atoms with Gasteiger partial charge in [-0.05, 0) is 36.8 Å². The second-order valence-corrected chi connectivity index (χ2v) is 7.55. The third-order valence-electron chi connectivity index (χ3n) is 3.89. The number of aryl methyl sites for hydroxylation is 1. The lowest BCUT2D eigenvalue weighted by atomic mass is 10.2. The Morgan fingerprint density at radius 2 is 1.83 bits per heavy atom. The van der Waals surface area contributed by atoms with Crippen molar-refractivity contribution in [3.8, 4) is 23.0 Å². The molecule has 2 aromatic rings. The minimum Gasteiger partial charge on any atom is -0.497 e. The highest BCUT2D eigenvalue weighted by atomic mass is 32.2. The van der Waals surface area contributed by atoms with Gasteiger partial charge >= 0.3 is 10.1 Å². The van der Waals surface area contributed by atoms with Crippen molar-refractivity contribution in [2.24, 2.45) is 10.8 Å². The molecule has 11 heteroatoms. The Bertz CT molecular complexity index is 1030. The fraction of sp³-hybridized carbons (Fsp3) is 0.263. The molecule has 0 heterocycles. The number of nitrogens with two attached hydrogens (primary N) is 1. The first kappa shape index (κ1) is 22.8. The van der Waals surface area contributed by atoms with Crippen LogP contribution in [0.3, 0.4) is 0 Å². The summed E-state index contributed by atoms with van der Waals surface area (Å²) in [5.74, 6) is 0.656. The summed E-state index contributed by atoms with van der Waals surface area (Å²) in [4.78, 5) is -0.164. The Morgan fingerprint density at radius 1 is 1.13 bits per heavy atom. The van der Waals surface area contributed by atoms with Crippen molar-refractivity contribution in [3.05, 3.63) is 42.0 Å². The molecule has 0 aromatic heterocycles. The van der Waals surface area contributed by atoms with Crippen LogP contribution in [0.15, 0.2) is 46.4 Å². The van der Waals surface area contributed by atoms with Gasteiger partial charge in [0.15, 0.2) is 4.90 Å². The molecule has 30 heavy (non-hydrogen) atoms. The van der Waals surface area contributed by atoms with E-state index in [1.54, 1.807) is 25.1 Å². The third-order valence-corrected chi connectivity index (χ3v) is 5.16. The molecular weight excluding hydrogens is 412 g/mol. The Balaban J connectivity index is 2.22. The summed E-state index contributed by atoms with van der Waals surface area (Å²) in [5, 5.41) is 12.1. The van der Waals surface area contributed by atoms with Gasteiger partial charge in [0, 0.05) is 18.9 Å². The van der Waals surface area contributed by atoms with Crippen LogP contribution in [-0.4, -0.2) is 53.5 Å². The summed E-state index contributed by atoms with van der Waals surface area (Å²) >= 11 is 0. The van der Waals surface area contributed by atoms with Crippen molar-refractivity contribution in [3.63, 3.8) is 0 Å². The molecule has 2 rings (SSSR count). The Kier molecular flexibility index (Phi) is 7.48. The minimum atomic E-state index is -4.21. The third kappa shape index (κ3) is 5.77. The molecule has 0 fully saturated rings. The molecule has 0 aliphatic carbocycles. The normalized spacial score (nSPS) is 10.8. The predicted molar refractivity (Wildman–Crippen MR) is 112 cm³/mol. The van der Waals surface area contributed by atoms with Gasteiger partial charge in [-0.1, -0.05) is 0 Å². The number of nitrogens with one attached hydrogen (secondary N) is 1. The molecule has 0 amide bonds. The Labute approximate surface area is 175 Å². The lowest BCUT2D eigenvalue weighted by Crippen LogP contribution is -2.34. The van der Waals surface area contributed by atoms with Gasteiger partial charge in [-0.3, -0.25) is 5.41 Å². The topological polar surface area (TPSA) is 137 Å². The van der Waals surface area contributed by atoms with Crippen LogP contribution in [0.1, 0.15) is 5.56 Å². The first-order valence-corrected chi connectivity index (χ1v) is 10.1. The van der Waals surface area contributed by atoms with E-state index in [2.05, 4.69) is 11.8 Å². The standard InChI is InChI=1S/C19H24N4O6S/c1-13-9-15(28-8-7-23(22-2)19(20)21)11-16(10-13)29-30(24,25)18-12-14(26-3)5-6-17(18)27-4/h5-6,9-12H,2,7-8H2,1,3-4H3,(H3,20,21). The zero-order chi connectivity index (χ0) is 22.3. The van der Waals surface area contributed by atoms with Crippen LogP contribution in [0.4, 0.5) is 0 Å². The van der Waals surface area contributed by atoms with E-state index in [0.717, 1.165) is 10.6 Å². The van der Waals surface area contributed by atoms with E-state index in [-0.39, 0.29) is 35.5 Å². The predicted octanol–water partition coefficient (Wildman–Crippen LogP) is 1.97. The molecule has 0 bridgehead atoms. The van der Waals surface area contributed by atoms with Gasteiger partial charge in [0.25, 0.3) is 0 Å². The Hall–Kier alpha value is -3.47. The van der Waals surface area contributed by atoms with Gasteiger partial charge in [0.2, 0.25) is 5.96 Å². The van der Waals surface area contributed by atoms with Crippen molar-refractivity contribution in [2.45, 2.75) is 11.8 Å². The summed E-state index contributed by atoms with van der Waals surface area (Å²) in [6.45, 7) is 5.43. The van der Waals surface area contributed by atoms with Crippen LogP contribution >= 0.6 is 0 Å². The van der Waals surface area contributed by atoms with Crippen LogP contribution in [0.2, 0.25) is 0 Å². The molecule has 162 valence electrons. The maximum Gasteiger partial charge on any atom is 0.343 e. The molecule has 0 atom stereocenters. The van der Waals surface area contributed by atoms with Gasteiger partial charge in [-0.25, -0.2) is 5.01 Å². The second kappa shape index (κ2) is 9.83. The van der Waals surface area contributed by atoms with E-state index < -0.39 is 10.1 Å². The summed E-state index contributed by atoms with van der Waals surface area (Å²) in [7, 11) is -1.42.